The lowest BCUT2D eigenvalue weighted by Gasteiger charge is -2.13. The Bertz CT molecular complexity index is 627. The van der Waals surface area contributed by atoms with Crippen LogP contribution in [0.3, 0.4) is 0 Å². The molecule has 0 atom stereocenters. The van der Waals surface area contributed by atoms with Crippen LogP contribution in [0.25, 0.3) is 0 Å². The van der Waals surface area contributed by atoms with E-state index in [1.54, 1.807) is 12.1 Å². The molecule has 1 aromatic carbocycles. The molecule has 2 N–H and O–H groups in total. The number of halogens is 1. The first-order chi connectivity index (χ1) is 9.49. The monoisotopic (exact) mass is 275 g/mol. The van der Waals surface area contributed by atoms with Gasteiger partial charge in [-0.2, -0.15) is 0 Å². The topological polar surface area (TPSA) is 65.5 Å². The van der Waals surface area contributed by atoms with Crippen molar-refractivity contribution >= 4 is 23.2 Å². The summed E-state index contributed by atoms with van der Waals surface area (Å²) in [4.78, 5) is 16.6. The second-order valence-electron chi connectivity index (χ2n) is 4.39. The maximum absolute atomic E-state index is 13.9. The van der Waals surface area contributed by atoms with Crippen LogP contribution in [0.15, 0.2) is 36.5 Å². The van der Waals surface area contributed by atoms with Gasteiger partial charge in [-0.1, -0.05) is 0 Å². The van der Waals surface area contributed by atoms with Crippen LogP contribution < -0.4 is 10.2 Å². The van der Waals surface area contributed by atoms with E-state index < -0.39 is 17.3 Å². The summed E-state index contributed by atoms with van der Waals surface area (Å²) in [5.74, 6) is -2.31. The van der Waals surface area contributed by atoms with Gasteiger partial charge in [-0.3, -0.25) is 0 Å². The predicted octanol–water partition coefficient (Wildman–Crippen LogP) is 2.73. The Morgan fingerprint density at radius 2 is 1.90 bits per heavy atom. The zero-order chi connectivity index (χ0) is 14.7. The molecular formula is C14H14FN3O2. The maximum atomic E-state index is 13.9. The Kier molecular flexibility index (Phi) is 3.84. The van der Waals surface area contributed by atoms with Crippen molar-refractivity contribution < 1.29 is 14.3 Å². The second kappa shape index (κ2) is 5.56. The van der Waals surface area contributed by atoms with Crippen LogP contribution in [0.2, 0.25) is 0 Å². The summed E-state index contributed by atoms with van der Waals surface area (Å²) in [6.45, 7) is 0. The number of hydrogen-bond donors (Lipinski definition) is 2. The van der Waals surface area contributed by atoms with Gasteiger partial charge in [0.2, 0.25) is 0 Å². The van der Waals surface area contributed by atoms with Crippen molar-refractivity contribution in [2.24, 2.45) is 0 Å². The fourth-order valence-corrected chi connectivity index (χ4v) is 1.68. The Morgan fingerprint density at radius 3 is 2.45 bits per heavy atom. The number of carboxylic acid groups (broad SMARTS) is 1. The summed E-state index contributed by atoms with van der Waals surface area (Å²) in [5, 5.41) is 11.6. The lowest BCUT2D eigenvalue weighted by atomic mass is 10.2. The number of nitrogens with one attached hydrogen (secondary N) is 1. The molecule has 104 valence electrons. The number of aromatic nitrogens is 1. The lowest BCUT2D eigenvalue weighted by Crippen LogP contribution is -2.08. The van der Waals surface area contributed by atoms with Crippen molar-refractivity contribution in [3.63, 3.8) is 0 Å². The van der Waals surface area contributed by atoms with Crippen LogP contribution in [-0.2, 0) is 0 Å². The first-order valence-electron chi connectivity index (χ1n) is 5.91. The zero-order valence-corrected chi connectivity index (χ0v) is 11.1. The second-order valence-corrected chi connectivity index (χ2v) is 4.39. The number of carboxylic acids is 1. The van der Waals surface area contributed by atoms with Gasteiger partial charge in [-0.05, 0) is 30.3 Å². The Labute approximate surface area is 115 Å². The first-order valence-corrected chi connectivity index (χ1v) is 5.91. The quantitative estimate of drug-likeness (QED) is 0.898. The van der Waals surface area contributed by atoms with Crippen molar-refractivity contribution in [3.8, 4) is 0 Å². The molecule has 0 bridgehead atoms. The Morgan fingerprint density at radius 1 is 1.25 bits per heavy atom. The first kappa shape index (κ1) is 13.8. The van der Waals surface area contributed by atoms with Crippen LogP contribution in [0.4, 0.5) is 21.6 Å². The number of hydrogen-bond acceptors (Lipinski definition) is 4. The van der Waals surface area contributed by atoms with Gasteiger partial charge in [0, 0.05) is 31.7 Å². The van der Waals surface area contributed by atoms with Crippen LogP contribution in [-0.4, -0.2) is 30.2 Å². The van der Waals surface area contributed by atoms with E-state index in [9.17, 15) is 9.18 Å². The van der Waals surface area contributed by atoms with E-state index in [0.717, 1.165) is 11.8 Å². The molecule has 0 aliphatic carbocycles. The van der Waals surface area contributed by atoms with Crippen molar-refractivity contribution in [1.29, 1.82) is 0 Å². The fraction of sp³-hybridized carbons (Fsp3) is 0.143. The average molecular weight is 275 g/mol. The number of anilines is 3. The third-order valence-corrected chi connectivity index (χ3v) is 2.77. The molecule has 2 aromatic rings. The molecular weight excluding hydrogens is 261 g/mol. The Hall–Kier alpha value is -2.63. The highest BCUT2D eigenvalue weighted by Crippen LogP contribution is 2.22. The standard InChI is InChI=1S/C14H14FN3O2/c1-18(2)10-5-3-9(4-6-10)17-13-12(15)11(14(19)20)7-8-16-13/h3-8H,1-2H3,(H,16,17)(H,19,20). The molecule has 0 fully saturated rings. The molecule has 1 heterocycles. The molecule has 0 radical (unpaired) electrons. The van der Waals surface area contributed by atoms with Gasteiger partial charge in [0.25, 0.3) is 0 Å². The predicted molar refractivity (Wildman–Crippen MR) is 75.2 cm³/mol. The van der Waals surface area contributed by atoms with Crippen molar-refractivity contribution in [2.75, 3.05) is 24.3 Å². The molecule has 0 saturated carbocycles. The van der Waals surface area contributed by atoms with E-state index in [-0.39, 0.29) is 5.82 Å². The Balaban J connectivity index is 2.26. The van der Waals surface area contributed by atoms with E-state index in [0.29, 0.717) is 5.69 Å². The molecule has 20 heavy (non-hydrogen) atoms. The van der Waals surface area contributed by atoms with Crippen LogP contribution in [0, 0.1) is 5.82 Å². The van der Waals surface area contributed by atoms with E-state index in [1.807, 2.05) is 31.1 Å². The molecule has 0 spiro atoms. The fourth-order valence-electron chi connectivity index (χ4n) is 1.68. The molecule has 0 unspecified atom stereocenters. The third-order valence-electron chi connectivity index (χ3n) is 2.77. The van der Waals surface area contributed by atoms with Gasteiger partial charge in [0.05, 0.1) is 0 Å². The van der Waals surface area contributed by atoms with Crippen LogP contribution in [0.1, 0.15) is 10.4 Å². The highest BCUT2D eigenvalue weighted by Gasteiger charge is 2.15. The minimum absolute atomic E-state index is 0.109. The summed E-state index contributed by atoms with van der Waals surface area (Å²) in [6, 6.07) is 8.38. The van der Waals surface area contributed by atoms with Gasteiger partial charge >= 0.3 is 5.97 Å². The largest absolute Gasteiger partial charge is 0.478 e. The van der Waals surface area contributed by atoms with E-state index >= 15 is 0 Å². The van der Waals surface area contributed by atoms with Crippen molar-refractivity contribution in [1.82, 2.24) is 4.98 Å². The van der Waals surface area contributed by atoms with Crippen LogP contribution in [0.5, 0.6) is 0 Å². The summed E-state index contributed by atoms with van der Waals surface area (Å²) in [5.41, 5.74) is 1.22. The smallest absolute Gasteiger partial charge is 0.338 e. The number of rotatable bonds is 4. The van der Waals surface area contributed by atoms with Crippen molar-refractivity contribution in [2.45, 2.75) is 0 Å². The molecule has 0 aliphatic rings. The number of nitrogens with zero attached hydrogens (tertiary/aromatic N) is 2. The maximum Gasteiger partial charge on any atom is 0.338 e. The van der Waals surface area contributed by atoms with E-state index in [1.165, 1.54) is 6.20 Å². The highest BCUT2D eigenvalue weighted by molar-refractivity contribution is 5.89. The van der Waals surface area contributed by atoms with Gasteiger partial charge in [0.1, 0.15) is 5.56 Å². The molecule has 0 saturated heterocycles. The SMILES string of the molecule is CN(C)c1ccc(Nc2nccc(C(=O)O)c2F)cc1. The van der Waals surface area contributed by atoms with Gasteiger partial charge < -0.3 is 15.3 Å². The number of carbonyl (C=O) groups is 1. The normalized spacial score (nSPS) is 10.2. The zero-order valence-electron chi connectivity index (χ0n) is 11.1. The highest BCUT2D eigenvalue weighted by atomic mass is 19.1. The summed E-state index contributed by atoms with van der Waals surface area (Å²) >= 11 is 0. The minimum atomic E-state index is -1.32. The lowest BCUT2D eigenvalue weighted by molar-refractivity contribution is 0.0692. The summed E-state index contributed by atoms with van der Waals surface area (Å²) < 4.78 is 13.9. The van der Waals surface area contributed by atoms with Gasteiger partial charge in [-0.25, -0.2) is 14.2 Å². The van der Waals surface area contributed by atoms with Crippen molar-refractivity contribution in [3.05, 3.63) is 47.9 Å². The molecule has 1 aromatic heterocycles. The van der Waals surface area contributed by atoms with E-state index in [2.05, 4.69) is 10.3 Å². The minimum Gasteiger partial charge on any atom is -0.478 e. The van der Waals surface area contributed by atoms with Crippen LogP contribution >= 0.6 is 0 Å². The third kappa shape index (κ3) is 2.85. The number of aromatic carboxylic acids is 1. The molecule has 6 heteroatoms. The molecule has 5 nitrogen and oxygen atoms in total. The van der Waals surface area contributed by atoms with Gasteiger partial charge in [0.15, 0.2) is 11.6 Å². The average Bonchev–Trinajstić information content (AvgIpc) is 2.41. The van der Waals surface area contributed by atoms with E-state index in [4.69, 9.17) is 5.11 Å². The molecule has 0 aliphatic heterocycles. The van der Waals surface area contributed by atoms with Gasteiger partial charge in [-0.15, -0.1) is 0 Å². The molecule has 0 amide bonds. The number of pyridine rings is 1. The summed E-state index contributed by atoms with van der Waals surface area (Å²) in [6.07, 6.45) is 1.25. The molecule has 2 rings (SSSR count). The number of benzene rings is 1. The summed E-state index contributed by atoms with van der Waals surface area (Å²) in [7, 11) is 3.83.